The molecule has 528 valence electrons. The third kappa shape index (κ3) is 64.6. The number of carbonyl (C=O) groups is 4. The minimum Gasteiger partial charge on any atom is -0.462 e. The van der Waals surface area contributed by atoms with Gasteiger partial charge in [0.2, 0.25) is 0 Å². The smallest absolute Gasteiger partial charge is 0.462 e. The Hall–Kier alpha value is -1.94. The van der Waals surface area contributed by atoms with Gasteiger partial charge < -0.3 is 33.8 Å². The predicted octanol–water partition coefficient (Wildman–Crippen LogP) is 20.0. The van der Waals surface area contributed by atoms with Gasteiger partial charge in [-0.1, -0.05) is 305 Å². The van der Waals surface area contributed by atoms with E-state index >= 15 is 0 Å². The van der Waals surface area contributed by atoms with Crippen LogP contribution in [-0.4, -0.2) is 96.7 Å². The molecule has 0 radical (unpaired) electrons. The van der Waals surface area contributed by atoms with Crippen LogP contribution in [0.5, 0.6) is 0 Å². The van der Waals surface area contributed by atoms with Crippen molar-refractivity contribution in [3.8, 4) is 0 Å². The van der Waals surface area contributed by atoms with Crippen molar-refractivity contribution in [1.29, 1.82) is 0 Å². The number of hydrogen-bond acceptors (Lipinski definition) is 15. The van der Waals surface area contributed by atoms with Gasteiger partial charge in [0.05, 0.1) is 26.4 Å². The van der Waals surface area contributed by atoms with E-state index in [1.54, 1.807) is 0 Å². The van der Waals surface area contributed by atoms with Crippen molar-refractivity contribution in [2.24, 2.45) is 11.8 Å². The lowest BCUT2D eigenvalue weighted by atomic mass is 10.0. The Labute approximate surface area is 543 Å². The van der Waals surface area contributed by atoms with Gasteiger partial charge in [-0.3, -0.25) is 37.3 Å². The van der Waals surface area contributed by atoms with Crippen LogP contribution in [0.3, 0.4) is 0 Å². The maximum Gasteiger partial charge on any atom is 0.472 e. The molecule has 0 aromatic carbocycles. The number of esters is 4. The highest BCUT2D eigenvalue weighted by atomic mass is 31.2. The van der Waals surface area contributed by atoms with Crippen LogP contribution in [0, 0.1) is 11.8 Å². The third-order valence-electron chi connectivity index (χ3n) is 16.2. The molecule has 0 aromatic rings. The van der Waals surface area contributed by atoms with Crippen LogP contribution < -0.4 is 0 Å². The number of phosphoric ester groups is 2. The summed E-state index contributed by atoms with van der Waals surface area (Å²) in [6.07, 6.45) is 47.3. The molecule has 0 aromatic heterocycles. The van der Waals surface area contributed by atoms with Gasteiger partial charge in [0.1, 0.15) is 19.3 Å². The Morgan fingerprint density at radius 1 is 0.303 bits per heavy atom. The van der Waals surface area contributed by atoms with Crippen molar-refractivity contribution in [1.82, 2.24) is 0 Å². The molecule has 0 heterocycles. The maximum atomic E-state index is 13.0. The molecular formula is C70H136O17P2. The fourth-order valence-electron chi connectivity index (χ4n) is 10.6. The minimum atomic E-state index is -4.95. The quantitative estimate of drug-likeness (QED) is 0.0222. The van der Waals surface area contributed by atoms with Crippen molar-refractivity contribution in [3.05, 3.63) is 0 Å². The molecule has 0 fully saturated rings. The van der Waals surface area contributed by atoms with Crippen molar-refractivity contribution in [2.75, 3.05) is 39.6 Å². The zero-order valence-corrected chi connectivity index (χ0v) is 59.5. The second kappa shape index (κ2) is 62.2. The summed E-state index contributed by atoms with van der Waals surface area (Å²) in [7, 11) is -9.90. The molecule has 2 unspecified atom stereocenters. The molecule has 0 saturated carbocycles. The molecular weight excluding hydrogens is 1170 g/mol. The summed E-state index contributed by atoms with van der Waals surface area (Å²) in [5.74, 6) is -0.669. The van der Waals surface area contributed by atoms with Crippen molar-refractivity contribution >= 4 is 39.5 Å². The van der Waals surface area contributed by atoms with E-state index in [2.05, 4.69) is 41.5 Å². The topological polar surface area (TPSA) is 237 Å². The first-order chi connectivity index (χ1) is 42.9. The fraction of sp³-hybridized carbons (Fsp3) is 0.943. The lowest BCUT2D eigenvalue weighted by Crippen LogP contribution is -2.30. The number of unbranched alkanes of at least 4 members (excludes halogenated alkanes) is 39. The maximum absolute atomic E-state index is 13.0. The van der Waals surface area contributed by atoms with E-state index in [1.165, 1.54) is 167 Å². The molecule has 0 bridgehead atoms. The second-order valence-corrected chi connectivity index (χ2v) is 29.1. The average Bonchev–Trinajstić information content (AvgIpc) is 3.58. The summed E-state index contributed by atoms with van der Waals surface area (Å²) < 4.78 is 68.2. The number of aliphatic hydroxyl groups excluding tert-OH is 1. The summed E-state index contributed by atoms with van der Waals surface area (Å²) >= 11 is 0. The van der Waals surface area contributed by atoms with E-state index < -0.39 is 97.5 Å². The van der Waals surface area contributed by atoms with Crippen molar-refractivity contribution < 1.29 is 80.2 Å². The molecule has 17 nitrogen and oxygen atoms in total. The number of carbonyl (C=O) groups excluding carboxylic acids is 4. The first-order valence-corrected chi connectivity index (χ1v) is 39.5. The highest BCUT2D eigenvalue weighted by molar-refractivity contribution is 7.47. The summed E-state index contributed by atoms with van der Waals surface area (Å²) in [6, 6.07) is 0. The van der Waals surface area contributed by atoms with Crippen LogP contribution in [0.25, 0.3) is 0 Å². The lowest BCUT2D eigenvalue weighted by molar-refractivity contribution is -0.161. The monoisotopic (exact) mass is 1310 g/mol. The first-order valence-electron chi connectivity index (χ1n) is 36.5. The van der Waals surface area contributed by atoms with Crippen LogP contribution in [0.2, 0.25) is 0 Å². The van der Waals surface area contributed by atoms with E-state index in [-0.39, 0.29) is 25.7 Å². The van der Waals surface area contributed by atoms with Gasteiger partial charge in [-0.25, -0.2) is 9.13 Å². The molecule has 3 N–H and O–H groups in total. The molecule has 0 saturated heterocycles. The van der Waals surface area contributed by atoms with Gasteiger partial charge in [-0.05, 0) is 37.5 Å². The number of ether oxygens (including phenoxy) is 4. The molecule has 0 aliphatic heterocycles. The Morgan fingerprint density at radius 2 is 0.517 bits per heavy atom. The van der Waals surface area contributed by atoms with E-state index in [0.717, 1.165) is 102 Å². The minimum absolute atomic E-state index is 0.105. The van der Waals surface area contributed by atoms with Crippen LogP contribution in [0.1, 0.15) is 356 Å². The number of hydrogen-bond donors (Lipinski definition) is 3. The first kappa shape index (κ1) is 87.1. The summed E-state index contributed by atoms with van der Waals surface area (Å²) in [5.41, 5.74) is 0. The van der Waals surface area contributed by atoms with E-state index in [9.17, 15) is 43.2 Å². The number of rotatable bonds is 69. The highest BCUT2D eigenvalue weighted by Gasteiger charge is 2.30. The Bertz CT molecular complexity index is 1730. The molecule has 0 spiro atoms. The molecule has 0 aliphatic carbocycles. The zero-order chi connectivity index (χ0) is 65.7. The zero-order valence-electron chi connectivity index (χ0n) is 57.7. The average molecular weight is 1310 g/mol. The van der Waals surface area contributed by atoms with Gasteiger partial charge in [0, 0.05) is 25.7 Å². The standard InChI is InChI=1S/C70H136O17P2/c1-7-9-11-13-15-17-19-20-21-22-26-30-33-40-46-52-67(72)80-58-65(86-70(75)55-49-43-35-31-27-24-23-25-28-32-38-44-50-62(3)4)60-84-88(76,77)82-56-64(71)57-83-89(78,79)85-61-66(59-81-68(73)53-47-41-37-36-39-45-51-63(5)6)87-69(74)54-48-42-34-29-18-16-14-12-10-8-2/h62-66,71H,7-61H2,1-6H3,(H,76,77)(H,78,79)/t64-,65-,66-/m1/s1. The van der Waals surface area contributed by atoms with Crippen LogP contribution in [0.15, 0.2) is 0 Å². The summed E-state index contributed by atoms with van der Waals surface area (Å²) in [5, 5.41) is 10.6. The lowest BCUT2D eigenvalue weighted by Gasteiger charge is -2.21. The Balaban J connectivity index is 5.23. The van der Waals surface area contributed by atoms with Gasteiger partial charge in [0.25, 0.3) is 0 Å². The SMILES string of the molecule is CCCCCCCCCCCCCCCCCC(=O)OC[C@H](COP(=O)(O)OC[C@@H](O)COP(=O)(O)OC[C@@H](COC(=O)CCCCCCCCC(C)C)OC(=O)CCCCCCCCCCCC)OC(=O)CCCCCCCCCCCCCCC(C)C. The Morgan fingerprint density at radius 3 is 0.764 bits per heavy atom. The molecule has 0 rings (SSSR count). The number of aliphatic hydroxyl groups is 1. The van der Waals surface area contributed by atoms with Gasteiger partial charge >= 0.3 is 39.5 Å². The highest BCUT2D eigenvalue weighted by Crippen LogP contribution is 2.45. The molecule has 19 heteroatoms. The largest absolute Gasteiger partial charge is 0.472 e. The summed E-state index contributed by atoms with van der Waals surface area (Å²) in [6.45, 7) is 9.47. The van der Waals surface area contributed by atoms with E-state index in [1.807, 2.05) is 0 Å². The van der Waals surface area contributed by atoms with Crippen molar-refractivity contribution in [3.63, 3.8) is 0 Å². The van der Waals surface area contributed by atoms with Crippen LogP contribution >= 0.6 is 15.6 Å². The van der Waals surface area contributed by atoms with E-state index in [0.29, 0.717) is 31.6 Å². The van der Waals surface area contributed by atoms with Crippen LogP contribution in [0.4, 0.5) is 0 Å². The molecule has 0 aliphatic rings. The van der Waals surface area contributed by atoms with Gasteiger partial charge in [-0.2, -0.15) is 0 Å². The van der Waals surface area contributed by atoms with Crippen LogP contribution in [-0.2, 0) is 65.4 Å². The Kier molecular flexibility index (Phi) is 60.8. The molecule has 89 heavy (non-hydrogen) atoms. The normalized spacial score (nSPS) is 14.1. The number of phosphoric acid groups is 2. The molecule has 5 atom stereocenters. The fourth-order valence-corrected chi connectivity index (χ4v) is 12.2. The second-order valence-electron chi connectivity index (χ2n) is 26.2. The summed E-state index contributed by atoms with van der Waals surface area (Å²) in [4.78, 5) is 72.5. The third-order valence-corrected chi connectivity index (χ3v) is 18.1. The van der Waals surface area contributed by atoms with Gasteiger partial charge in [-0.15, -0.1) is 0 Å². The molecule has 0 amide bonds. The predicted molar refractivity (Wildman–Crippen MR) is 358 cm³/mol. The van der Waals surface area contributed by atoms with E-state index in [4.69, 9.17) is 37.0 Å². The van der Waals surface area contributed by atoms with Gasteiger partial charge in [0.15, 0.2) is 12.2 Å². The van der Waals surface area contributed by atoms with Crippen molar-refractivity contribution in [2.45, 2.75) is 374 Å².